The Morgan fingerprint density at radius 1 is 0.912 bits per heavy atom. The molecule has 7 nitrogen and oxygen atoms in total. The van der Waals surface area contributed by atoms with Gasteiger partial charge in [0.05, 0.1) is 0 Å². The molecule has 2 aromatic carbocycles. The van der Waals surface area contributed by atoms with E-state index < -0.39 is 23.3 Å². The third kappa shape index (κ3) is 8.21. The number of alkyl carbamates (subject to hydrolysis) is 1. The van der Waals surface area contributed by atoms with Crippen molar-refractivity contribution in [3.63, 3.8) is 0 Å². The highest BCUT2D eigenvalue weighted by atomic mass is 16.6. The van der Waals surface area contributed by atoms with Gasteiger partial charge in [-0.3, -0.25) is 9.59 Å². The summed E-state index contributed by atoms with van der Waals surface area (Å²) in [6.07, 6.45) is -0.685. The highest BCUT2D eigenvalue weighted by Crippen LogP contribution is 2.29. The van der Waals surface area contributed by atoms with Crippen LogP contribution in [-0.4, -0.2) is 40.5 Å². The number of carbonyl (C=O) groups excluding carboxylic acids is 3. The van der Waals surface area contributed by atoms with Crippen LogP contribution in [0.3, 0.4) is 0 Å². The van der Waals surface area contributed by atoms with Crippen LogP contribution in [0, 0.1) is 6.92 Å². The zero-order chi connectivity index (χ0) is 25.5. The number of carbonyl (C=O) groups is 3. The second kappa shape index (κ2) is 11.2. The van der Waals surface area contributed by atoms with E-state index in [9.17, 15) is 14.4 Å². The number of nitrogens with one attached hydrogen (secondary N) is 2. The number of nitrogens with zero attached hydrogens (tertiary/aromatic N) is 1. The molecule has 2 N–H and O–H groups in total. The van der Waals surface area contributed by atoms with Crippen LogP contribution in [-0.2, 0) is 20.9 Å². The maximum absolute atomic E-state index is 13.5. The van der Waals surface area contributed by atoms with Crippen molar-refractivity contribution < 1.29 is 19.1 Å². The summed E-state index contributed by atoms with van der Waals surface area (Å²) in [5.74, 6) is -0.685. The lowest BCUT2D eigenvalue weighted by molar-refractivity contribution is -0.146. The molecule has 0 radical (unpaired) electrons. The average molecular weight is 468 g/mol. The summed E-state index contributed by atoms with van der Waals surface area (Å²) >= 11 is 0. The van der Waals surface area contributed by atoms with Gasteiger partial charge in [-0.15, -0.1) is 0 Å². The monoisotopic (exact) mass is 467 g/mol. The molecule has 0 aliphatic heterocycles. The number of rotatable bonds is 7. The molecule has 0 heterocycles. The summed E-state index contributed by atoms with van der Waals surface area (Å²) in [6.45, 7) is 12.8. The normalized spacial score (nSPS) is 12.4. The van der Waals surface area contributed by atoms with Crippen LogP contribution in [0.1, 0.15) is 64.3 Å². The van der Waals surface area contributed by atoms with Crippen molar-refractivity contribution in [3.05, 3.63) is 71.3 Å². The lowest BCUT2D eigenvalue weighted by atomic mass is 9.95. The summed E-state index contributed by atoms with van der Waals surface area (Å²) in [5, 5.41) is 5.50. The van der Waals surface area contributed by atoms with Gasteiger partial charge in [-0.25, -0.2) is 4.79 Å². The third-order valence-electron chi connectivity index (χ3n) is 4.95. The Kier molecular flexibility index (Phi) is 8.85. The minimum atomic E-state index is -0.878. The van der Waals surface area contributed by atoms with E-state index >= 15 is 0 Å². The lowest BCUT2D eigenvalue weighted by Gasteiger charge is -2.41. The first-order valence-corrected chi connectivity index (χ1v) is 11.4. The largest absolute Gasteiger partial charge is 0.444 e. The van der Waals surface area contributed by atoms with Gasteiger partial charge in [-0.05, 0) is 59.6 Å². The van der Waals surface area contributed by atoms with E-state index in [2.05, 4.69) is 10.6 Å². The Bertz CT molecular complexity index is 991. The van der Waals surface area contributed by atoms with Gasteiger partial charge in [0.15, 0.2) is 0 Å². The quantitative estimate of drug-likeness (QED) is 0.627. The topological polar surface area (TPSA) is 87.7 Å². The maximum Gasteiger partial charge on any atom is 0.408 e. The Morgan fingerprint density at radius 2 is 1.56 bits per heavy atom. The molecule has 2 rings (SSSR count). The number of aryl methyl sites for hydroxylation is 1. The summed E-state index contributed by atoms with van der Waals surface area (Å²) in [5.41, 5.74) is 1.25. The van der Waals surface area contributed by atoms with Gasteiger partial charge in [0.1, 0.15) is 18.2 Å². The fraction of sp³-hybridized carbons (Fsp3) is 0.444. The van der Waals surface area contributed by atoms with E-state index in [-0.39, 0.29) is 18.4 Å². The molecular formula is C27H37N3O4. The lowest BCUT2D eigenvalue weighted by Crippen LogP contribution is -2.55. The SMILES string of the molecule is Cc1cccc(C(C(=O)NCc2ccccc2)N(C(=O)CNC(=O)OC(C)(C)C)C(C)(C)C)c1. The molecule has 2 aromatic rings. The van der Waals surface area contributed by atoms with Crippen molar-refractivity contribution in [2.24, 2.45) is 0 Å². The zero-order valence-corrected chi connectivity index (χ0v) is 21.3. The highest BCUT2D eigenvalue weighted by molar-refractivity contribution is 5.91. The second-order valence-electron chi connectivity index (χ2n) is 10.3. The smallest absolute Gasteiger partial charge is 0.408 e. The van der Waals surface area contributed by atoms with E-state index in [4.69, 9.17) is 4.74 Å². The van der Waals surface area contributed by atoms with E-state index in [1.165, 1.54) is 4.90 Å². The van der Waals surface area contributed by atoms with Crippen LogP contribution >= 0.6 is 0 Å². The van der Waals surface area contributed by atoms with Crippen LogP contribution in [0.2, 0.25) is 0 Å². The third-order valence-corrected chi connectivity index (χ3v) is 4.95. The molecule has 0 aromatic heterocycles. The molecule has 3 amide bonds. The fourth-order valence-electron chi connectivity index (χ4n) is 3.59. The van der Waals surface area contributed by atoms with Crippen molar-refractivity contribution in [1.29, 1.82) is 0 Å². The Labute approximate surface area is 202 Å². The first kappa shape index (κ1) is 26.9. The van der Waals surface area contributed by atoms with Gasteiger partial charge in [0.2, 0.25) is 11.8 Å². The molecule has 0 aliphatic carbocycles. The molecule has 34 heavy (non-hydrogen) atoms. The van der Waals surface area contributed by atoms with Crippen LogP contribution in [0.15, 0.2) is 54.6 Å². The van der Waals surface area contributed by atoms with Gasteiger partial charge >= 0.3 is 6.09 Å². The fourth-order valence-corrected chi connectivity index (χ4v) is 3.59. The predicted molar refractivity (Wildman–Crippen MR) is 133 cm³/mol. The molecule has 0 fully saturated rings. The Hall–Kier alpha value is -3.35. The highest BCUT2D eigenvalue weighted by Gasteiger charge is 2.38. The molecule has 1 atom stereocenters. The summed E-state index contributed by atoms with van der Waals surface area (Å²) < 4.78 is 5.25. The van der Waals surface area contributed by atoms with Crippen molar-refractivity contribution in [3.8, 4) is 0 Å². The minimum absolute atomic E-state index is 0.291. The molecular weight excluding hydrogens is 430 g/mol. The first-order valence-electron chi connectivity index (χ1n) is 11.4. The second-order valence-corrected chi connectivity index (χ2v) is 10.3. The minimum Gasteiger partial charge on any atom is -0.444 e. The Balaban J connectivity index is 2.33. The average Bonchev–Trinajstić information content (AvgIpc) is 2.72. The summed E-state index contributed by atoms with van der Waals surface area (Å²) in [6, 6.07) is 16.3. The van der Waals surface area contributed by atoms with E-state index in [0.717, 1.165) is 11.1 Å². The molecule has 0 aliphatic rings. The number of hydrogen-bond acceptors (Lipinski definition) is 4. The number of amides is 3. The standard InChI is InChI=1S/C27H37N3O4/c1-19-12-11-15-21(16-19)23(24(32)28-17-20-13-9-8-10-14-20)30(26(2,3)4)22(31)18-29-25(33)34-27(5,6)7/h8-16,23H,17-18H2,1-7H3,(H,28,32)(H,29,33). The van der Waals surface area contributed by atoms with Gasteiger partial charge < -0.3 is 20.3 Å². The van der Waals surface area contributed by atoms with Crippen LogP contribution < -0.4 is 10.6 Å². The molecule has 1 unspecified atom stereocenters. The number of hydrogen-bond donors (Lipinski definition) is 2. The van der Waals surface area contributed by atoms with Crippen molar-refractivity contribution in [2.75, 3.05) is 6.54 Å². The van der Waals surface area contributed by atoms with Crippen molar-refractivity contribution >= 4 is 17.9 Å². The van der Waals surface area contributed by atoms with E-state index in [1.54, 1.807) is 20.8 Å². The molecule has 0 bridgehead atoms. The van der Waals surface area contributed by atoms with Crippen molar-refractivity contribution in [2.45, 2.75) is 72.2 Å². The van der Waals surface area contributed by atoms with Crippen LogP contribution in [0.4, 0.5) is 4.79 Å². The zero-order valence-electron chi connectivity index (χ0n) is 21.3. The molecule has 0 saturated carbocycles. The van der Waals surface area contributed by atoms with E-state index in [0.29, 0.717) is 12.1 Å². The Morgan fingerprint density at radius 3 is 2.12 bits per heavy atom. The van der Waals surface area contributed by atoms with E-state index in [1.807, 2.05) is 82.3 Å². The summed E-state index contributed by atoms with van der Waals surface area (Å²) in [7, 11) is 0. The van der Waals surface area contributed by atoms with Gasteiger partial charge in [0.25, 0.3) is 0 Å². The molecule has 7 heteroatoms. The number of benzene rings is 2. The molecule has 0 spiro atoms. The molecule has 0 saturated heterocycles. The maximum atomic E-state index is 13.5. The van der Waals surface area contributed by atoms with Crippen molar-refractivity contribution in [1.82, 2.24) is 15.5 Å². The first-order chi connectivity index (χ1) is 15.8. The molecule has 184 valence electrons. The van der Waals surface area contributed by atoms with Gasteiger partial charge in [-0.1, -0.05) is 60.2 Å². The predicted octanol–water partition coefficient (Wildman–Crippen LogP) is 4.50. The van der Waals surface area contributed by atoms with Crippen LogP contribution in [0.5, 0.6) is 0 Å². The summed E-state index contributed by atoms with van der Waals surface area (Å²) in [4.78, 5) is 40.6. The van der Waals surface area contributed by atoms with Gasteiger partial charge in [0, 0.05) is 12.1 Å². The van der Waals surface area contributed by atoms with Gasteiger partial charge in [-0.2, -0.15) is 0 Å². The number of ether oxygens (including phenoxy) is 1. The van der Waals surface area contributed by atoms with Crippen LogP contribution in [0.25, 0.3) is 0 Å².